The van der Waals surface area contributed by atoms with Crippen molar-refractivity contribution in [3.05, 3.63) is 28.8 Å². The smallest absolute Gasteiger partial charge is 0.123 e. The van der Waals surface area contributed by atoms with Crippen LogP contribution in [0.3, 0.4) is 0 Å². The molecule has 0 aliphatic carbocycles. The third-order valence-electron chi connectivity index (χ3n) is 7.55. The van der Waals surface area contributed by atoms with E-state index in [0.29, 0.717) is 11.7 Å². The lowest BCUT2D eigenvalue weighted by Crippen LogP contribution is -2.36. The molecule has 28 heavy (non-hydrogen) atoms. The molecule has 0 aromatic heterocycles. The van der Waals surface area contributed by atoms with Gasteiger partial charge < -0.3 is 5.11 Å². The van der Waals surface area contributed by atoms with Crippen LogP contribution in [-0.4, -0.2) is 5.11 Å². The first-order valence-electron chi connectivity index (χ1n) is 11.0. The summed E-state index contributed by atoms with van der Waals surface area (Å²) in [6.07, 6.45) is 1.10. The van der Waals surface area contributed by atoms with E-state index >= 15 is 0 Å². The first-order chi connectivity index (χ1) is 12.1. The van der Waals surface area contributed by atoms with Crippen LogP contribution in [0.5, 0.6) is 5.75 Å². The van der Waals surface area contributed by atoms with Gasteiger partial charge in [0, 0.05) is 11.1 Å². The Labute approximate surface area is 176 Å². The average molecular weight is 389 g/mol. The van der Waals surface area contributed by atoms with Gasteiger partial charge in [-0.25, -0.2) is 0 Å². The van der Waals surface area contributed by atoms with Crippen molar-refractivity contribution in [3.63, 3.8) is 0 Å². The Morgan fingerprint density at radius 1 is 0.750 bits per heavy atom. The normalized spacial score (nSPS) is 14.7. The Hall–Kier alpha value is -0.980. The molecule has 0 heterocycles. The van der Waals surface area contributed by atoms with Crippen LogP contribution in [0.2, 0.25) is 0 Å². The Bertz CT molecular complexity index is 688. The predicted molar refractivity (Wildman–Crippen MR) is 126 cm³/mol. The van der Waals surface area contributed by atoms with Crippen LogP contribution < -0.4 is 0 Å². The number of phenolic OH excluding ortho intramolecular Hbond substituents is 1. The summed E-state index contributed by atoms with van der Waals surface area (Å²) >= 11 is 0. The van der Waals surface area contributed by atoms with Crippen LogP contribution in [0.4, 0.5) is 0 Å². The molecule has 1 rings (SSSR count). The van der Waals surface area contributed by atoms with Crippen molar-refractivity contribution < 1.29 is 5.11 Å². The Morgan fingerprint density at radius 3 is 1.54 bits per heavy atom. The van der Waals surface area contributed by atoms with Gasteiger partial charge in [-0.1, -0.05) is 109 Å². The first-order valence-corrected chi connectivity index (χ1v) is 11.0. The molecule has 0 spiro atoms. The number of rotatable bonds is 5. The highest BCUT2D eigenvalue weighted by Crippen LogP contribution is 2.50. The summed E-state index contributed by atoms with van der Waals surface area (Å²) in [5.41, 5.74) is 3.60. The summed E-state index contributed by atoms with van der Waals surface area (Å²) < 4.78 is 0. The second-order valence-electron chi connectivity index (χ2n) is 13.3. The molecule has 1 aromatic carbocycles. The van der Waals surface area contributed by atoms with Gasteiger partial charge in [0.25, 0.3) is 0 Å². The maximum Gasteiger partial charge on any atom is 0.123 e. The van der Waals surface area contributed by atoms with E-state index in [4.69, 9.17) is 0 Å². The van der Waals surface area contributed by atoms with Crippen molar-refractivity contribution >= 4 is 0 Å². The number of benzene rings is 1. The number of aromatic hydroxyl groups is 1. The summed E-state index contributed by atoms with van der Waals surface area (Å²) in [6.45, 7) is 32.0. The molecule has 0 radical (unpaired) electrons. The lowest BCUT2D eigenvalue weighted by atomic mass is 9.62. The molecule has 0 saturated carbocycles. The van der Waals surface area contributed by atoms with Crippen molar-refractivity contribution in [2.24, 2.45) is 16.7 Å². The third kappa shape index (κ3) is 4.95. The quantitative estimate of drug-likeness (QED) is 0.537. The Balaban J connectivity index is 3.90. The molecule has 0 atom stereocenters. The average Bonchev–Trinajstić information content (AvgIpc) is 2.42. The molecule has 0 aliphatic rings. The van der Waals surface area contributed by atoms with Gasteiger partial charge in [0.2, 0.25) is 0 Å². The van der Waals surface area contributed by atoms with Gasteiger partial charge in [0.15, 0.2) is 0 Å². The highest BCUT2D eigenvalue weighted by molar-refractivity contribution is 5.52. The zero-order valence-electron chi connectivity index (χ0n) is 21.4. The van der Waals surface area contributed by atoms with E-state index in [-0.39, 0.29) is 27.1 Å². The molecule has 1 nitrogen and oxygen atoms in total. The molecule has 0 aliphatic heterocycles. The maximum atomic E-state index is 11.5. The van der Waals surface area contributed by atoms with E-state index < -0.39 is 0 Å². The van der Waals surface area contributed by atoms with Gasteiger partial charge in [-0.2, -0.15) is 0 Å². The summed E-state index contributed by atoms with van der Waals surface area (Å²) in [5.74, 6) is 0.930. The first kappa shape index (κ1) is 25.1. The van der Waals surface area contributed by atoms with E-state index in [9.17, 15) is 5.11 Å². The fourth-order valence-corrected chi connectivity index (χ4v) is 4.14. The van der Waals surface area contributed by atoms with Crippen LogP contribution in [0.15, 0.2) is 12.1 Å². The van der Waals surface area contributed by atoms with Gasteiger partial charge >= 0.3 is 0 Å². The predicted octanol–water partition coefficient (Wildman–Crippen LogP) is 8.36. The Morgan fingerprint density at radius 2 is 1.18 bits per heavy atom. The molecule has 1 heteroatoms. The van der Waals surface area contributed by atoms with Gasteiger partial charge in [-0.15, -0.1) is 0 Å². The van der Waals surface area contributed by atoms with E-state index in [2.05, 4.69) is 109 Å². The summed E-state index contributed by atoms with van der Waals surface area (Å²) in [5, 5.41) is 11.5. The Kier molecular flexibility index (Phi) is 6.59. The number of hydrogen-bond donors (Lipinski definition) is 1. The summed E-state index contributed by atoms with van der Waals surface area (Å²) in [6, 6.07) is 4.59. The van der Waals surface area contributed by atoms with Gasteiger partial charge in [-0.05, 0) is 45.0 Å². The fourth-order valence-electron chi connectivity index (χ4n) is 4.14. The largest absolute Gasteiger partial charge is 0.507 e. The van der Waals surface area contributed by atoms with Crippen LogP contribution in [0.1, 0.15) is 120 Å². The molecule has 1 N–H and O–H groups in total. The topological polar surface area (TPSA) is 20.2 Å². The maximum absolute atomic E-state index is 11.5. The highest BCUT2D eigenvalue weighted by atomic mass is 16.3. The van der Waals surface area contributed by atoms with Crippen LogP contribution in [0.25, 0.3) is 0 Å². The van der Waals surface area contributed by atoms with Gasteiger partial charge in [0.05, 0.1) is 0 Å². The monoisotopic (exact) mass is 388 g/mol. The van der Waals surface area contributed by atoms with Crippen LogP contribution in [-0.2, 0) is 16.2 Å². The SMILES string of the molecule is CC(C)C(C)(C)c1cc(C(C)(C)CC(C)(C)C)cc(C(C)(C)C(C)(C)C)c1O. The van der Waals surface area contributed by atoms with Crippen molar-refractivity contribution in [2.75, 3.05) is 0 Å². The molecular weight excluding hydrogens is 340 g/mol. The van der Waals surface area contributed by atoms with E-state index in [1.807, 2.05) is 0 Å². The third-order valence-corrected chi connectivity index (χ3v) is 7.55. The van der Waals surface area contributed by atoms with E-state index in [1.54, 1.807) is 0 Å². The molecule has 162 valence electrons. The lowest BCUT2D eigenvalue weighted by molar-refractivity contribution is 0.217. The second kappa shape index (κ2) is 7.37. The summed E-state index contributed by atoms with van der Waals surface area (Å²) in [7, 11) is 0. The lowest BCUT2D eigenvalue weighted by Gasteiger charge is -2.43. The molecule has 0 fully saturated rings. The van der Waals surface area contributed by atoms with Crippen LogP contribution >= 0.6 is 0 Å². The van der Waals surface area contributed by atoms with Gasteiger partial charge in [-0.3, -0.25) is 0 Å². The molecule has 0 amide bonds. The van der Waals surface area contributed by atoms with Gasteiger partial charge in [0.1, 0.15) is 5.75 Å². The molecule has 0 unspecified atom stereocenters. The molecular formula is C27H48O. The number of hydrogen-bond acceptors (Lipinski definition) is 1. The highest BCUT2D eigenvalue weighted by Gasteiger charge is 2.40. The molecule has 1 aromatic rings. The van der Waals surface area contributed by atoms with Crippen LogP contribution in [0, 0.1) is 16.7 Å². The fraction of sp³-hybridized carbons (Fsp3) is 0.778. The van der Waals surface area contributed by atoms with Crippen molar-refractivity contribution in [1.82, 2.24) is 0 Å². The minimum atomic E-state index is -0.146. The van der Waals surface area contributed by atoms with Crippen molar-refractivity contribution in [1.29, 1.82) is 0 Å². The molecule has 0 saturated heterocycles. The zero-order chi connectivity index (χ0) is 22.5. The standard InChI is InChI=1S/C27H48O/c1-18(2)26(11,12)20-15-19(25(9,10)17-23(3,4)5)16-21(22(20)28)27(13,14)24(6,7)8/h15-16,18,28H,17H2,1-14H3. The van der Waals surface area contributed by atoms with Crippen molar-refractivity contribution in [2.45, 2.75) is 120 Å². The zero-order valence-corrected chi connectivity index (χ0v) is 21.4. The van der Waals surface area contributed by atoms with E-state index in [1.165, 1.54) is 5.56 Å². The molecule has 0 bridgehead atoms. The van der Waals surface area contributed by atoms with E-state index in [0.717, 1.165) is 17.5 Å². The summed E-state index contributed by atoms with van der Waals surface area (Å²) in [4.78, 5) is 0. The minimum Gasteiger partial charge on any atom is -0.507 e. The second-order valence-corrected chi connectivity index (χ2v) is 13.3. The minimum absolute atomic E-state index is 0.0382. The van der Waals surface area contributed by atoms with Crippen molar-refractivity contribution in [3.8, 4) is 5.75 Å². The number of phenols is 1.